The van der Waals surface area contributed by atoms with Crippen LogP contribution in [0.3, 0.4) is 0 Å². The highest BCUT2D eigenvalue weighted by Crippen LogP contribution is 2.10. The third-order valence-corrected chi connectivity index (χ3v) is 3.57. The van der Waals surface area contributed by atoms with Crippen LogP contribution >= 0.6 is 11.8 Å². The smallest absolute Gasteiger partial charge is 0.326 e. The first-order chi connectivity index (χ1) is 8.15. The molecule has 0 aromatic rings. The summed E-state index contributed by atoms with van der Waals surface area (Å²) < 4.78 is 0. The molecule has 1 atom stereocenters. The van der Waals surface area contributed by atoms with Gasteiger partial charge in [0.25, 0.3) is 0 Å². The number of nitrogens with one attached hydrogen (secondary N) is 1. The van der Waals surface area contributed by atoms with Crippen molar-refractivity contribution in [3.63, 3.8) is 0 Å². The molecule has 1 rings (SSSR count). The van der Waals surface area contributed by atoms with Gasteiger partial charge >= 0.3 is 12.0 Å². The fourth-order valence-corrected chi connectivity index (χ4v) is 2.46. The number of amides is 2. The Labute approximate surface area is 104 Å². The number of hydrogen-bond acceptors (Lipinski definition) is 4. The van der Waals surface area contributed by atoms with Crippen LogP contribution in [0.25, 0.3) is 0 Å². The maximum absolute atomic E-state index is 11.8. The van der Waals surface area contributed by atoms with Crippen molar-refractivity contribution in [2.45, 2.75) is 18.9 Å². The summed E-state index contributed by atoms with van der Waals surface area (Å²) in [5.74, 6) is 0.796. The number of carboxylic acid groups (broad SMARTS) is 1. The number of carbonyl (C=O) groups excluding carboxylic acids is 1. The van der Waals surface area contributed by atoms with E-state index in [-0.39, 0.29) is 19.1 Å². The maximum atomic E-state index is 11.8. The van der Waals surface area contributed by atoms with Gasteiger partial charge in [-0.2, -0.15) is 11.8 Å². The van der Waals surface area contributed by atoms with E-state index >= 15 is 0 Å². The summed E-state index contributed by atoms with van der Waals surface area (Å²) >= 11 is 1.79. The van der Waals surface area contributed by atoms with Crippen molar-refractivity contribution in [1.82, 2.24) is 10.2 Å². The molecule has 0 spiro atoms. The van der Waals surface area contributed by atoms with E-state index in [9.17, 15) is 9.59 Å². The number of carbonyl (C=O) groups is 2. The van der Waals surface area contributed by atoms with Gasteiger partial charge in [0.15, 0.2) is 0 Å². The number of aliphatic hydroxyl groups is 1. The molecule has 17 heavy (non-hydrogen) atoms. The topological polar surface area (TPSA) is 89.9 Å². The lowest BCUT2D eigenvalue weighted by Gasteiger charge is -2.23. The van der Waals surface area contributed by atoms with Gasteiger partial charge < -0.3 is 20.4 Å². The lowest BCUT2D eigenvalue weighted by Crippen LogP contribution is -2.48. The molecule has 1 aliphatic heterocycles. The normalized spacial score (nSPS) is 18.3. The Bertz CT molecular complexity index is 267. The highest BCUT2D eigenvalue weighted by Gasteiger charge is 2.23. The minimum atomic E-state index is -1.11. The van der Waals surface area contributed by atoms with Crippen molar-refractivity contribution in [3.05, 3.63) is 0 Å². The molecule has 1 fully saturated rings. The predicted molar refractivity (Wildman–Crippen MR) is 65.2 cm³/mol. The molecule has 0 aromatic carbocycles. The van der Waals surface area contributed by atoms with Gasteiger partial charge in [0.2, 0.25) is 0 Å². The van der Waals surface area contributed by atoms with Crippen molar-refractivity contribution >= 4 is 23.8 Å². The van der Waals surface area contributed by atoms with E-state index in [1.165, 1.54) is 0 Å². The third kappa shape index (κ3) is 4.82. The number of nitrogens with zero attached hydrogens (tertiary/aromatic N) is 1. The molecular weight excluding hydrogens is 244 g/mol. The van der Waals surface area contributed by atoms with Gasteiger partial charge in [0, 0.05) is 31.9 Å². The molecule has 0 saturated carbocycles. The Morgan fingerprint density at radius 1 is 1.35 bits per heavy atom. The molecule has 0 bridgehead atoms. The van der Waals surface area contributed by atoms with Crippen molar-refractivity contribution in [2.24, 2.45) is 0 Å². The van der Waals surface area contributed by atoms with E-state index in [1.54, 1.807) is 16.7 Å². The van der Waals surface area contributed by atoms with Crippen LogP contribution in [-0.4, -0.2) is 64.4 Å². The molecule has 0 aromatic heterocycles. The van der Waals surface area contributed by atoms with Crippen molar-refractivity contribution in [2.75, 3.05) is 31.2 Å². The van der Waals surface area contributed by atoms with Gasteiger partial charge in [0.05, 0.1) is 0 Å². The summed E-state index contributed by atoms with van der Waals surface area (Å²) in [6.45, 7) is 1.04. The minimum absolute atomic E-state index is 0.0314. The molecule has 3 N–H and O–H groups in total. The van der Waals surface area contributed by atoms with Gasteiger partial charge in [0.1, 0.15) is 6.04 Å². The number of rotatable bonds is 4. The summed E-state index contributed by atoms with van der Waals surface area (Å²) in [5.41, 5.74) is 0. The summed E-state index contributed by atoms with van der Waals surface area (Å²) in [6.07, 6.45) is 0.958. The summed E-state index contributed by atoms with van der Waals surface area (Å²) in [6, 6.07) is -1.36. The van der Waals surface area contributed by atoms with E-state index in [2.05, 4.69) is 5.32 Å². The average molecular weight is 262 g/mol. The van der Waals surface area contributed by atoms with E-state index in [0.717, 1.165) is 17.9 Å². The molecule has 0 aliphatic carbocycles. The Morgan fingerprint density at radius 3 is 2.76 bits per heavy atom. The van der Waals surface area contributed by atoms with Crippen molar-refractivity contribution in [3.8, 4) is 0 Å². The Kier molecular flexibility index (Phi) is 6.13. The zero-order chi connectivity index (χ0) is 12.7. The van der Waals surface area contributed by atoms with Crippen LogP contribution in [-0.2, 0) is 4.79 Å². The largest absolute Gasteiger partial charge is 0.480 e. The summed E-state index contributed by atoms with van der Waals surface area (Å²) in [4.78, 5) is 24.3. The number of aliphatic hydroxyl groups excluding tert-OH is 1. The van der Waals surface area contributed by atoms with Crippen LogP contribution < -0.4 is 5.32 Å². The third-order valence-electron chi connectivity index (χ3n) is 2.52. The van der Waals surface area contributed by atoms with Crippen LogP contribution in [0.1, 0.15) is 12.8 Å². The second-order valence-electron chi connectivity index (χ2n) is 3.81. The number of aliphatic carboxylic acids is 1. The van der Waals surface area contributed by atoms with Crippen molar-refractivity contribution in [1.29, 1.82) is 0 Å². The number of carboxylic acids is 1. The van der Waals surface area contributed by atoms with Crippen molar-refractivity contribution < 1.29 is 19.8 Å². The molecule has 1 aliphatic rings. The van der Waals surface area contributed by atoms with Crippen LogP contribution in [0.15, 0.2) is 0 Å². The van der Waals surface area contributed by atoms with Gasteiger partial charge in [-0.15, -0.1) is 0 Å². The first-order valence-electron chi connectivity index (χ1n) is 5.62. The van der Waals surface area contributed by atoms with E-state index in [4.69, 9.17) is 10.2 Å². The number of urea groups is 1. The first-order valence-corrected chi connectivity index (χ1v) is 6.77. The van der Waals surface area contributed by atoms with Gasteiger partial charge in [-0.3, -0.25) is 0 Å². The fourth-order valence-electron chi connectivity index (χ4n) is 1.58. The number of hydrogen-bond donors (Lipinski definition) is 3. The molecule has 7 heteroatoms. The molecule has 6 nitrogen and oxygen atoms in total. The van der Waals surface area contributed by atoms with Crippen LogP contribution in [0, 0.1) is 0 Å². The molecule has 1 heterocycles. The zero-order valence-electron chi connectivity index (χ0n) is 9.59. The maximum Gasteiger partial charge on any atom is 0.326 e. The minimum Gasteiger partial charge on any atom is -0.480 e. The van der Waals surface area contributed by atoms with E-state index in [0.29, 0.717) is 13.1 Å². The van der Waals surface area contributed by atoms with E-state index in [1.807, 2.05) is 0 Å². The molecular formula is C10H18N2O4S. The second kappa shape index (κ2) is 7.39. The second-order valence-corrected chi connectivity index (χ2v) is 5.03. The lowest BCUT2D eigenvalue weighted by atomic mass is 10.2. The summed E-state index contributed by atoms with van der Waals surface area (Å²) in [5, 5.41) is 20.0. The molecule has 1 unspecified atom stereocenters. The molecule has 98 valence electrons. The van der Waals surface area contributed by atoms with Gasteiger partial charge in [-0.05, 0) is 12.2 Å². The Hall–Kier alpha value is -0.950. The predicted octanol–water partition coefficient (Wildman–Crippen LogP) is -0.0295. The Balaban J connectivity index is 2.47. The Morgan fingerprint density at radius 2 is 2.12 bits per heavy atom. The fraction of sp³-hybridized carbons (Fsp3) is 0.800. The van der Waals surface area contributed by atoms with E-state index < -0.39 is 12.0 Å². The average Bonchev–Trinajstić information content (AvgIpc) is 2.56. The number of thioether (sulfide) groups is 1. The van der Waals surface area contributed by atoms with Crippen LogP contribution in [0.2, 0.25) is 0 Å². The standard InChI is InChI=1S/C10H18N2O4S/c13-5-2-8(9(14)15)11-10(16)12-3-1-6-17-7-4-12/h8,13H,1-7H2,(H,11,16)(H,14,15). The molecule has 0 radical (unpaired) electrons. The zero-order valence-corrected chi connectivity index (χ0v) is 10.4. The highest BCUT2D eigenvalue weighted by atomic mass is 32.2. The monoisotopic (exact) mass is 262 g/mol. The van der Waals surface area contributed by atoms with Gasteiger partial charge in [-0.1, -0.05) is 0 Å². The highest BCUT2D eigenvalue weighted by molar-refractivity contribution is 7.99. The molecule has 1 saturated heterocycles. The van der Waals surface area contributed by atoms with Crippen LogP contribution in [0.5, 0.6) is 0 Å². The quantitative estimate of drug-likeness (QED) is 0.662. The van der Waals surface area contributed by atoms with Gasteiger partial charge in [-0.25, -0.2) is 9.59 Å². The molecule has 2 amide bonds. The summed E-state index contributed by atoms with van der Waals surface area (Å²) in [7, 11) is 0. The van der Waals surface area contributed by atoms with Crippen LogP contribution in [0.4, 0.5) is 4.79 Å². The SMILES string of the molecule is O=C(O)C(CCO)NC(=O)N1CCCSCC1. The lowest BCUT2D eigenvalue weighted by molar-refractivity contribution is -0.139. The first kappa shape index (κ1) is 14.1.